The highest BCUT2D eigenvalue weighted by Crippen LogP contribution is 2.34. The summed E-state index contributed by atoms with van der Waals surface area (Å²) in [7, 11) is -4.24. The topological polar surface area (TPSA) is 122 Å². The first kappa shape index (κ1) is 31.4. The molecule has 9 nitrogen and oxygen atoms in total. The van der Waals surface area contributed by atoms with Gasteiger partial charge in [-0.2, -0.15) is 0 Å². The first-order valence-electron chi connectivity index (χ1n) is 14.1. The first-order valence-corrected chi connectivity index (χ1v) is 15.9. The summed E-state index contributed by atoms with van der Waals surface area (Å²) in [6.45, 7) is 5.47. The van der Waals surface area contributed by atoms with Gasteiger partial charge < -0.3 is 15.4 Å². The third-order valence-corrected chi connectivity index (χ3v) is 8.98. The lowest BCUT2D eigenvalue weighted by Crippen LogP contribution is -2.42. The van der Waals surface area contributed by atoms with E-state index in [0.29, 0.717) is 16.9 Å². The average molecular weight is 644 g/mol. The number of hydrogen-bond acceptors (Lipinski definition) is 7. The van der Waals surface area contributed by atoms with Crippen molar-refractivity contribution in [3.05, 3.63) is 77.5 Å². The number of aromatic nitrogens is 2. The third-order valence-electron chi connectivity index (χ3n) is 7.11. The van der Waals surface area contributed by atoms with Crippen molar-refractivity contribution in [3.8, 4) is 11.1 Å². The second-order valence-electron chi connectivity index (χ2n) is 11.6. The number of hydrogen-bond donors (Lipinski definition) is 3. The second-order valence-corrected chi connectivity index (χ2v) is 13.7. The molecule has 0 spiro atoms. The number of alkyl carbamates (subject to hydrolysis) is 1. The van der Waals surface area contributed by atoms with E-state index in [1.165, 1.54) is 24.3 Å². The smallest absolute Gasteiger partial charge is 0.407 e. The number of sulfonamides is 1. The van der Waals surface area contributed by atoms with Gasteiger partial charge in [-0.1, -0.05) is 29.8 Å². The largest absolute Gasteiger partial charge is 0.444 e. The fraction of sp³-hybridized carbons (Fsp3) is 0.323. The van der Waals surface area contributed by atoms with Gasteiger partial charge in [-0.15, -0.1) is 0 Å². The van der Waals surface area contributed by atoms with Crippen LogP contribution in [0.4, 0.5) is 25.2 Å². The van der Waals surface area contributed by atoms with Crippen LogP contribution in [0.5, 0.6) is 0 Å². The molecule has 13 heteroatoms. The van der Waals surface area contributed by atoms with Gasteiger partial charge in [-0.05, 0) is 88.4 Å². The van der Waals surface area contributed by atoms with Crippen molar-refractivity contribution >= 4 is 50.3 Å². The zero-order chi connectivity index (χ0) is 31.6. The highest BCUT2D eigenvalue weighted by molar-refractivity contribution is 7.92. The molecule has 1 fully saturated rings. The lowest BCUT2D eigenvalue weighted by atomic mass is 9.91. The van der Waals surface area contributed by atoms with Crippen LogP contribution in [-0.4, -0.2) is 42.2 Å². The van der Waals surface area contributed by atoms with Gasteiger partial charge in [0.25, 0.3) is 10.0 Å². The van der Waals surface area contributed by atoms with Crippen LogP contribution in [0.15, 0.2) is 65.7 Å². The summed E-state index contributed by atoms with van der Waals surface area (Å²) >= 11 is 6.02. The number of nitrogens with one attached hydrogen (secondary N) is 3. The molecule has 3 aromatic carbocycles. The van der Waals surface area contributed by atoms with E-state index in [1.807, 2.05) is 20.8 Å². The van der Waals surface area contributed by atoms with Gasteiger partial charge in [0.1, 0.15) is 16.3 Å². The normalized spacial score (nSPS) is 17.2. The van der Waals surface area contributed by atoms with E-state index >= 15 is 4.39 Å². The van der Waals surface area contributed by atoms with Gasteiger partial charge in [0.15, 0.2) is 5.82 Å². The van der Waals surface area contributed by atoms with E-state index in [9.17, 15) is 17.6 Å². The van der Waals surface area contributed by atoms with E-state index in [2.05, 4.69) is 25.3 Å². The summed E-state index contributed by atoms with van der Waals surface area (Å²) in [5, 5.41) is 6.77. The molecule has 1 aliphatic rings. The number of fused-ring (bicyclic) bond motifs is 1. The van der Waals surface area contributed by atoms with Crippen LogP contribution in [0, 0.1) is 11.6 Å². The van der Waals surface area contributed by atoms with Gasteiger partial charge >= 0.3 is 6.09 Å². The van der Waals surface area contributed by atoms with Crippen LogP contribution in [0.25, 0.3) is 22.0 Å². The Morgan fingerprint density at radius 3 is 2.41 bits per heavy atom. The molecule has 1 amide bonds. The van der Waals surface area contributed by atoms with Gasteiger partial charge in [0.05, 0.1) is 21.8 Å². The molecule has 3 N–H and O–H groups in total. The Morgan fingerprint density at radius 2 is 1.70 bits per heavy atom. The van der Waals surface area contributed by atoms with Crippen LogP contribution in [0.3, 0.4) is 0 Å². The van der Waals surface area contributed by atoms with Gasteiger partial charge in [0.2, 0.25) is 5.95 Å². The van der Waals surface area contributed by atoms with Crippen molar-refractivity contribution in [2.24, 2.45) is 0 Å². The quantitative estimate of drug-likeness (QED) is 0.193. The van der Waals surface area contributed by atoms with Crippen LogP contribution in [-0.2, 0) is 14.8 Å². The highest BCUT2D eigenvalue weighted by atomic mass is 35.5. The summed E-state index contributed by atoms with van der Waals surface area (Å²) in [6, 6.07) is 12.6. The fourth-order valence-electron chi connectivity index (χ4n) is 5.06. The SMILES string of the molecule is CC(C)(C)OC(=O)NC1CCC(Nc2ncc3cc(-c4c(F)ccc(NS(=O)(=O)c5ccccc5Cl)c4F)ccc3n2)CC1. The summed E-state index contributed by atoms with van der Waals surface area (Å²) in [5.41, 5.74) is -0.630. The molecule has 44 heavy (non-hydrogen) atoms. The Bertz CT molecular complexity index is 1810. The minimum Gasteiger partial charge on any atom is -0.444 e. The zero-order valence-electron chi connectivity index (χ0n) is 24.3. The number of halogens is 3. The monoisotopic (exact) mass is 643 g/mol. The number of ether oxygens (including phenoxy) is 1. The molecule has 4 aromatic rings. The van der Waals surface area contributed by atoms with E-state index < -0.39 is 44.6 Å². The van der Waals surface area contributed by atoms with Crippen molar-refractivity contribution in [2.75, 3.05) is 10.0 Å². The number of benzene rings is 3. The fourth-order valence-corrected chi connectivity index (χ4v) is 6.64. The summed E-state index contributed by atoms with van der Waals surface area (Å²) in [6.07, 6.45) is 4.29. The van der Waals surface area contributed by atoms with Crippen LogP contribution in [0.2, 0.25) is 5.02 Å². The van der Waals surface area contributed by atoms with Crippen molar-refractivity contribution in [1.29, 1.82) is 0 Å². The number of anilines is 2. The number of rotatable bonds is 7. The Kier molecular flexibility index (Phi) is 8.94. The highest BCUT2D eigenvalue weighted by Gasteiger charge is 2.26. The van der Waals surface area contributed by atoms with Crippen LogP contribution >= 0.6 is 11.6 Å². The molecule has 0 aliphatic heterocycles. The van der Waals surface area contributed by atoms with E-state index in [-0.39, 0.29) is 27.6 Å². The van der Waals surface area contributed by atoms with Crippen LogP contribution < -0.4 is 15.4 Å². The minimum absolute atomic E-state index is 0.0320. The molecule has 0 unspecified atom stereocenters. The molecule has 0 radical (unpaired) electrons. The van der Waals surface area contributed by atoms with E-state index in [4.69, 9.17) is 16.3 Å². The Balaban J connectivity index is 1.28. The number of carbonyl (C=O) groups is 1. The Hall–Kier alpha value is -4.03. The van der Waals surface area contributed by atoms with Gasteiger partial charge in [0, 0.05) is 23.7 Å². The summed E-state index contributed by atoms with van der Waals surface area (Å²) in [5.74, 6) is -1.52. The molecule has 0 bridgehead atoms. The minimum atomic E-state index is -4.24. The average Bonchev–Trinajstić information content (AvgIpc) is 2.95. The lowest BCUT2D eigenvalue weighted by Gasteiger charge is -2.30. The first-order chi connectivity index (χ1) is 20.8. The molecule has 1 aromatic heterocycles. The van der Waals surface area contributed by atoms with E-state index in [0.717, 1.165) is 37.8 Å². The molecule has 1 saturated carbocycles. The maximum absolute atomic E-state index is 15.6. The van der Waals surface area contributed by atoms with Crippen molar-refractivity contribution in [3.63, 3.8) is 0 Å². The standard InChI is InChI=1S/C31H32ClF2N5O4S/c1-31(2,3)43-30(40)37-21-11-9-20(10-12-21)36-29-35-17-19-16-18(8-14-24(19)38-29)27-23(33)13-15-25(28(27)34)39-44(41,42)26-7-5-4-6-22(26)32/h4-8,13-17,20-21,39H,9-12H2,1-3H3,(H,37,40)(H,35,36,38). The molecule has 0 saturated heterocycles. The lowest BCUT2D eigenvalue weighted by molar-refractivity contribution is 0.0492. The van der Waals surface area contributed by atoms with E-state index in [1.54, 1.807) is 24.4 Å². The zero-order valence-corrected chi connectivity index (χ0v) is 25.9. The molecule has 5 rings (SSSR count). The molecule has 0 atom stereocenters. The predicted octanol–water partition coefficient (Wildman–Crippen LogP) is 7.28. The predicted molar refractivity (Wildman–Crippen MR) is 166 cm³/mol. The van der Waals surface area contributed by atoms with Crippen molar-refractivity contribution in [1.82, 2.24) is 15.3 Å². The number of carbonyl (C=O) groups excluding carboxylic acids is 1. The third kappa shape index (κ3) is 7.36. The second kappa shape index (κ2) is 12.5. The molecule has 1 aliphatic carbocycles. The molecule has 232 valence electrons. The Morgan fingerprint density at radius 1 is 1.00 bits per heavy atom. The van der Waals surface area contributed by atoms with Crippen LogP contribution in [0.1, 0.15) is 46.5 Å². The number of amides is 1. The maximum atomic E-state index is 15.6. The summed E-state index contributed by atoms with van der Waals surface area (Å²) in [4.78, 5) is 20.8. The van der Waals surface area contributed by atoms with Crippen molar-refractivity contribution in [2.45, 2.75) is 69.0 Å². The molecular weight excluding hydrogens is 612 g/mol. The van der Waals surface area contributed by atoms with Crippen molar-refractivity contribution < 1.29 is 26.7 Å². The summed E-state index contributed by atoms with van der Waals surface area (Å²) < 4.78 is 63.7. The molecule has 1 heterocycles. The van der Waals surface area contributed by atoms with Gasteiger partial charge in [-0.25, -0.2) is 32.0 Å². The maximum Gasteiger partial charge on any atom is 0.407 e. The molecular formula is C31H32ClF2N5O4S. The number of nitrogens with zero attached hydrogens (tertiary/aromatic N) is 2. The Labute approximate surface area is 259 Å². The van der Waals surface area contributed by atoms with Gasteiger partial charge in [-0.3, -0.25) is 4.72 Å².